The lowest BCUT2D eigenvalue weighted by Gasteiger charge is -2.14. The molecule has 2 aromatic carbocycles. The number of halogens is 3. The van der Waals surface area contributed by atoms with Crippen molar-refractivity contribution in [2.45, 2.75) is 4.90 Å². The molecule has 0 aromatic heterocycles. The summed E-state index contributed by atoms with van der Waals surface area (Å²) in [5.41, 5.74) is 0. The molecule has 0 atom stereocenters. The lowest BCUT2D eigenvalue weighted by molar-refractivity contribution is -0.139. The summed E-state index contributed by atoms with van der Waals surface area (Å²) in [5, 5.41) is 9.07. The van der Waals surface area contributed by atoms with Crippen LogP contribution in [0.2, 0.25) is 15.1 Å². The second kappa shape index (κ2) is 7.70. The smallest absolute Gasteiger partial charge is 0.341 e. The summed E-state index contributed by atoms with van der Waals surface area (Å²) in [6, 6.07) is 6.57. The van der Waals surface area contributed by atoms with Gasteiger partial charge in [0.1, 0.15) is 5.75 Å². The molecule has 0 aliphatic heterocycles. The van der Waals surface area contributed by atoms with Crippen molar-refractivity contribution >= 4 is 50.6 Å². The van der Waals surface area contributed by atoms with Gasteiger partial charge >= 0.3 is 5.97 Å². The Morgan fingerprint density at radius 1 is 1.00 bits per heavy atom. The minimum atomic E-state index is -3.42. The highest BCUT2D eigenvalue weighted by Crippen LogP contribution is 2.40. The third-order valence-electron chi connectivity index (χ3n) is 2.89. The lowest BCUT2D eigenvalue weighted by Crippen LogP contribution is -2.10. The van der Waals surface area contributed by atoms with E-state index in [9.17, 15) is 13.2 Å². The highest BCUT2D eigenvalue weighted by Gasteiger charge is 2.16. The first-order chi connectivity index (χ1) is 11.6. The van der Waals surface area contributed by atoms with E-state index in [0.29, 0.717) is 0 Å². The Hall–Kier alpha value is -1.67. The molecule has 0 radical (unpaired) electrons. The fourth-order valence-electron chi connectivity index (χ4n) is 1.76. The van der Waals surface area contributed by atoms with Crippen molar-refractivity contribution in [3.8, 4) is 17.2 Å². The summed E-state index contributed by atoms with van der Waals surface area (Å²) in [4.78, 5) is 10.7. The number of rotatable bonds is 6. The van der Waals surface area contributed by atoms with Crippen molar-refractivity contribution in [3.63, 3.8) is 0 Å². The Labute approximate surface area is 158 Å². The summed E-state index contributed by atoms with van der Waals surface area (Å²) in [6.45, 7) is -0.616. The van der Waals surface area contributed by atoms with Gasteiger partial charge in [0.15, 0.2) is 27.9 Å². The number of carbonyl (C=O) groups is 1. The number of hydrogen-bond donors (Lipinski definition) is 1. The van der Waals surface area contributed by atoms with Crippen LogP contribution in [-0.4, -0.2) is 32.4 Å². The second-order valence-corrected chi connectivity index (χ2v) is 8.10. The molecule has 0 bridgehead atoms. The SMILES string of the molecule is CS(=O)(=O)c1ccc(Oc2cc(Cl)c(Cl)cc2OCC(=O)O)c(Cl)c1. The molecule has 1 N–H and O–H groups in total. The molecular formula is C15H11Cl3O6S. The van der Waals surface area contributed by atoms with E-state index in [1.807, 2.05) is 0 Å². The van der Waals surface area contributed by atoms with Gasteiger partial charge in [0.25, 0.3) is 0 Å². The van der Waals surface area contributed by atoms with Crippen molar-refractivity contribution in [3.05, 3.63) is 45.4 Å². The molecule has 0 aliphatic carbocycles. The number of carboxylic acid groups (broad SMARTS) is 1. The van der Waals surface area contributed by atoms with Gasteiger partial charge in [-0.2, -0.15) is 0 Å². The molecule has 0 saturated carbocycles. The van der Waals surface area contributed by atoms with E-state index in [1.54, 1.807) is 0 Å². The summed E-state index contributed by atoms with van der Waals surface area (Å²) in [5.74, 6) is -0.940. The number of carboxylic acids is 1. The average Bonchev–Trinajstić information content (AvgIpc) is 2.50. The van der Waals surface area contributed by atoms with Gasteiger partial charge < -0.3 is 14.6 Å². The number of benzene rings is 2. The Morgan fingerprint density at radius 2 is 1.60 bits per heavy atom. The molecule has 0 aliphatic rings. The lowest BCUT2D eigenvalue weighted by atomic mass is 10.3. The molecule has 6 nitrogen and oxygen atoms in total. The van der Waals surface area contributed by atoms with Crippen LogP contribution in [0.4, 0.5) is 0 Å². The van der Waals surface area contributed by atoms with Crippen LogP contribution in [0.5, 0.6) is 17.2 Å². The van der Waals surface area contributed by atoms with Gasteiger partial charge in [-0.25, -0.2) is 13.2 Å². The maximum atomic E-state index is 11.5. The van der Waals surface area contributed by atoms with Crippen molar-refractivity contribution in [2.75, 3.05) is 12.9 Å². The van der Waals surface area contributed by atoms with Gasteiger partial charge in [-0.05, 0) is 18.2 Å². The van der Waals surface area contributed by atoms with Crippen molar-refractivity contribution in [2.24, 2.45) is 0 Å². The van der Waals surface area contributed by atoms with Crippen LogP contribution in [0.1, 0.15) is 0 Å². The molecule has 25 heavy (non-hydrogen) atoms. The number of sulfone groups is 1. The topological polar surface area (TPSA) is 89.9 Å². The molecule has 2 aromatic rings. The molecule has 0 heterocycles. The van der Waals surface area contributed by atoms with Crippen molar-refractivity contribution < 1.29 is 27.8 Å². The molecule has 0 saturated heterocycles. The second-order valence-electron chi connectivity index (χ2n) is 4.86. The molecule has 2 rings (SSSR count). The highest BCUT2D eigenvalue weighted by atomic mass is 35.5. The van der Waals surface area contributed by atoms with E-state index in [4.69, 9.17) is 49.4 Å². The van der Waals surface area contributed by atoms with Crippen LogP contribution < -0.4 is 9.47 Å². The Balaban J connectivity index is 2.39. The van der Waals surface area contributed by atoms with Gasteiger partial charge in [0.2, 0.25) is 0 Å². The minimum Gasteiger partial charge on any atom is -0.479 e. The van der Waals surface area contributed by atoms with E-state index in [2.05, 4.69) is 0 Å². The van der Waals surface area contributed by atoms with Crippen molar-refractivity contribution in [1.82, 2.24) is 0 Å². The van der Waals surface area contributed by atoms with Gasteiger partial charge in [-0.3, -0.25) is 0 Å². The van der Waals surface area contributed by atoms with E-state index < -0.39 is 22.4 Å². The molecule has 0 spiro atoms. The van der Waals surface area contributed by atoms with Gasteiger partial charge in [-0.1, -0.05) is 34.8 Å². The van der Waals surface area contributed by atoms with Crippen LogP contribution in [0, 0.1) is 0 Å². The normalized spacial score (nSPS) is 11.2. The monoisotopic (exact) mass is 424 g/mol. The summed E-state index contributed by atoms with van der Waals surface area (Å²) < 4.78 is 33.8. The van der Waals surface area contributed by atoms with Gasteiger partial charge in [0.05, 0.1) is 20.0 Å². The largest absolute Gasteiger partial charge is 0.479 e. The first kappa shape index (κ1) is 19.7. The van der Waals surface area contributed by atoms with Gasteiger partial charge in [0, 0.05) is 18.4 Å². The number of aliphatic carboxylic acids is 1. The van der Waals surface area contributed by atoms with Crippen LogP contribution in [0.25, 0.3) is 0 Å². The minimum absolute atomic E-state index is 0.0290. The molecule has 0 fully saturated rings. The average molecular weight is 426 g/mol. The zero-order valence-electron chi connectivity index (χ0n) is 12.6. The Bertz CT molecular complexity index is 927. The summed E-state index contributed by atoms with van der Waals surface area (Å²) in [6.07, 6.45) is 1.05. The number of ether oxygens (including phenoxy) is 2. The zero-order chi connectivity index (χ0) is 18.8. The predicted octanol–water partition coefficient (Wildman–Crippen LogP) is 4.31. The highest BCUT2D eigenvalue weighted by molar-refractivity contribution is 7.90. The van der Waals surface area contributed by atoms with E-state index >= 15 is 0 Å². The third kappa shape index (κ3) is 5.15. The van der Waals surface area contributed by atoms with E-state index in [0.717, 1.165) is 6.26 Å². The predicted molar refractivity (Wildman–Crippen MR) is 94.2 cm³/mol. The Morgan fingerprint density at radius 3 is 2.12 bits per heavy atom. The van der Waals surface area contributed by atoms with Gasteiger partial charge in [-0.15, -0.1) is 0 Å². The standard InChI is InChI=1S/C15H11Cl3O6S/c1-25(21,22)8-2-3-12(11(18)4-8)24-14-6-10(17)9(16)5-13(14)23-7-15(19)20/h2-6H,7H2,1H3,(H,19,20). The first-order valence-electron chi connectivity index (χ1n) is 6.59. The van der Waals surface area contributed by atoms with E-state index in [-0.39, 0.29) is 37.2 Å². The molecule has 10 heteroatoms. The number of hydrogen-bond acceptors (Lipinski definition) is 5. The fourth-order valence-corrected chi connectivity index (χ4v) is 2.99. The molecule has 134 valence electrons. The molecular weight excluding hydrogens is 415 g/mol. The maximum Gasteiger partial charge on any atom is 0.341 e. The van der Waals surface area contributed by atoms with Crippen LogP contribution in [-0.2, 0) is 14.6 Å². The molecule has 0 amide bonds. The third-order valence-corrected chi connectivity index (χ3v) is 5.02. The zero-order valence-corrected chi connectivity index (χ0v) is 15.7. The summed E-state index contributed by atoms with van der Waals surface area (Å²) in [7, 11) is -3.42. The Kier molecular flexibility index (Phi) is 6.05. The maximum absolute atomic E-state index is 11.5. The van der Waals surface area contributed by atoms with E-state index in [1.165, 1.54) is 30.3 Å². The first-order valence-corrected chi connectivity index (χ1v) is 9.61. The quantitative estimate of drug-likeness (QED) is 0.742. The molecule has 0 unspecified atom stereocenters. The summed E-state index contributed by atoms with van der Waals surface area (Å²) >= 11 is 17.9. The van der Waals surface area contributed by atoms with Crippen LogP contribution >= 0.6 is 34.8 Å². The van der Waals surface area contributed by atoms with Crippen LogP contribution in [0.3, 0.4) is 0 Å². The van der Waals surface area contributed by atoms with Crippen molar-refractivity contribution in [1.29, 1.82) is 0 Å². The van der Waals surface area contributed by atoms with Crippen LogP contribution in [0.15, 0.2) is 35.2 Å². The fraction of sp³-hybridized carbons (Fsp3) is 0.133.